The van der Waals surface area contributed by atoms with E-state index in [1.807, 2.05) is 18.2 Å². The van der Waals surface area contributed by atoms with Crippen LogP contribution >= 0.6 is 0 Å². The molecule has 1 aromatic carbocycles. The van der Waals surface area contributed by atoms with E-state index in [4.69, 9.17) is 0 Å². The Bertz CT molecular complexity index is 331. The van der Waals surface area contributed by atoms with Crippen molar-refractivity contribution in [3.8, 4) is 0 Å². The van der Waals surface area contributed by atoms with Crippen molar-refractivity contribution >= 4 is 0 Å². The quantitative estimate of drug-likeness (QED) is 0.825. The van der Waals surface area contributed by atoms with Crippen LogP contribution in [0.15, 0.2) is 24.3 Å². The van der Waals surface area contributed by atoms with Crippen LogP contribution in [0.1, 0.15) is 43.5 Å². The molecule has 1 aliphatic rings. The molecule has 1 saturated heterocycles. The summed E-state index contributed by atoms with van der Waals surface area (Å²) in [4.78, 5) is 0. The molecule has 2 unspecified atom stereocenters. The molecule has 0 spiro atoms. The van der Waals surface area contributed by atoms with Crippen molar-refractivity contribution in [2.24, 2.45) is 0 Å². The number of aryl methyl sites for hydroxylation is 1. The molecule has 2 rings (SSSR count). The van der Waals surface area contributed by atoms with Gasteiger partial charge in [0.05, 0.1) is 0 Å². The molecule has 2 atom stereocenters. The normalized spacial score (nSPS) is 23.0. The van der Waals surface area contributed by atoms with E-state index in [0.29, 0.717) is 0 Å². The minimum absolute atomic E-state index is 0.0147. The average molecular weight is 221 g/mol. The fraction of sp³-hybridized carbons (Fsp3) is 0.571. The van der Waals surface area contributed by atoms with Gasteiger partial charge in [0.15, 0.2) is 0 Å². The highest BCUT2D eigenvalue weighted by Crippen LogP contribution is 2.27. The SMILES string of the molecule is CCc1cccc(C(F)C2CCCCN2)c1. The van der Waals surface area contributed by atoms with Gasteiger partial charge in [-0.15, -0.1) is 0 Å². The van der Waals surface area contributed by atoms with Crippen molar-refractivity contribution in [2.75, 3.05) is 6.54 Å². The summed E-state index contributed by atoms with van der Waals surface area (Å²) < 4.78 is 14.3. The highest BCUT2D eigenvalue weighted by Gasteiger charge is 2.24. The molecule has 0 saturated carbocycles. The molecule has 1 heterocycles. The summed E-state index contributed by atoms with van der Waals surface area (Å²) in [6.07, 6.45) is 3.40. The van der Waals surface area contributed by atoms with Crippen LogP contribution in [0.5, 0.6) is 0 Å². The standard InChI is InChI=1S/C14H20FN/c1-2-11-6-5-7-12(10-11)14(15)13-8-3-4-9-16-13/h5-7,10,13-14,16H,2-4,8-9H2,1H3. The number of hydrogen-bond donors (Lipinski definition) is 1. The Balaban J connectivity index is 2.09. The largest absolute Gasteiger partial charge is 0.311 e. The zero-order valence-corrected chi connectivity index (χ0v) is 9.88. The first kappa shape index (κ1) is 11.6. The van der Waals surface area contributed by atoms with Gasteiger partial charge in [0.1, 0.15) is 6.17 Å². The Morgan fingerprint density at radius 1 is 1.44 bits per heavy atom. The maximum absolute atomic E-state index is 14.3. The predicted octanol–water partition coefficient (Wildman–Crippen LogP) is 3.40. The lowest BCUT2D eigenvalue weighted by Gasteiger charge is -2.26. The summed E-state index contributed by atoms with van der Waals surface area (Å²) in [6.45, 7) is 3.06. The number of rotatable bonds is 3. The third-order valence-electron chi connectivity index (χ3n) is 3.38. The zero-order chi connectivity index (χ0) is 11.4. The number of halogens is 1. The van der Waals surface area contributed by atoms with E-state index in [2.05, 4.69) is 18.3 Å². The molecule has 2 heteroatoms. The molecule has 1 fully saturated rings. The summed E-state index contributed by atoms with van der Waals surface area (Å²) in [6, 6.07) is 7.94. The predicted molar refractivity (Wildman–Crippen MR) is 65.3 cm³/mol. The van der Waals surface area contributed by atoms with Gasteiger partial charge in [0, 0.05) is 6.04 Å². The second-order valence-corrected chi connectivity index (χ2v) is 4.56. The molecule has 1 aromatic rings. The van der Waals surface area contributed by atoms with E-state index in [1.54, 1.807) is 0 Å². The molecule has 16 heavy (non-hydrogen) atoms. The van der Waals surface area contributed by atoms with Gasteiger partial charge in [-0.3, -0.25) is 0 Å². The van der Waals surface area contributed by atoms with Crippen molar-refractivity contribution in [3.63, 3.8) is 0 Å². The van der Waals surface area contributed by atoms with Crippen LogP contribution in [0.4, 0.5) is 4.39 Å². The monoisotopic (exact) mass is 221 g/mol. The molecule has 0 radical (unpaired) electrons. The maximum Gasteiger partial charge on any atom is 0.140 e. The summed E-state index contributed by atoms with van der Waals surface area (Å²) in [5.74, 6) is 0. The van der Waals surface area contributed by atoms with Gasteiger partial charge >= 0.3 is 0 Å². The van der Waals surface area contributed by atoms with E-state index < -0.39 is 6.17 Å². The van der Waals surface area contributed by atoms with Crippen molar-refractivity contribution in [2.45, 2.75) is 44.8 Å². The third kappa shape index (κ3) is 2.62. The van der Waals surface area contributed by atoms with Crippen LogP contribution < -0.4 is 5.32 Å². The van der Waals surface area contributed by atoms with Crippen LogP contribution in [-0.4, -0.2) is 12.6 Å². The van der Waals surface area contributed by atoms with Crippen LogP contribution in [0.3, 0.4) is 0 Å². The third-order valence-corrected chi connectivity index (χ3v) is 3.38. The van der Waals surface area contributed by atoms with Crippen LogP contribution in [-0.2, 0) is 6.42 Å². The summed E-state index contributed by atoms with van der Waals surface area (Å²) in [7, 11) is 0. The van der Waals surface area contributed by atoms with E-state index in [1.165, 1.54) is 12.0 Å². The Morgan fingerprint density at radius 3 is 3.00 bits per heavy atom. The van der Waals surface area contributed by atoms with E-state index in [-0.39, 0.29) is 6.04 Å². The van der Waals surface area contributed by atoms with E-state index >= 15 is 0 Å². The molecular weight excluding hydrogens is 201 g/mol. The van der Waals surface area contributed by atoms with Crippen LogP contribution in [0.25, 0.3) is 0 Å². The Labute approximate surface area is 97.1 Å². The number of nitrogens with one attached hydrogen (secondary N) is 1. The van der Waals surface area contributed by atoms with Gasteiger partial charge in [-0.1, -0.05) is 37.6 Å². The minimum atomic E-state index is -0.855. The van der Waals surface area contributed by atoms with Crippen molar-refractivity contribution < 1.29 is 4.39 Å². The first-order valence-corrected chi connectivity index (χ1v) is 6.27. The van der Waals surface area contributed by atoms with E-state index in [9.17, 15) is 4.39 Å². The van der Waals surface area contributed by atoms with Crippen LogP contribution in [0.2, 0.25) is 0 Å². The van der Waals surface area contributed by atoms with Gasteiger partial charge in [0.25, 0.3) is 0 Å². The second-order valence-electron chi connectivity index (χ2n) is 4.56. The second kappa shape index (κ2) is 5.44. The molecule has 88 valence electrons. The highest BCUT2D eigenvalue weighted by atomic mass is 19.1. The Hall–Kier alpha value is -0.890. The van der Waals surface area contributed by atoms with Gasteiger partial charge in [-0.2, -0.15) is 0 Å². The molecule has 0 bridgehead atoms. The number of piperidine rings is 1. The minimum Gasteiger partial charge on any atom is -0.311 e. The first-order chi connectivity index (χ1) is 7.81. The molecule has 0 amide bonds. The fourth-order valence-corrected chi connectivity index (χ4v) is 2.35. The highest BCUT2D eigenvalue weighted by molar-refractivity contribution is 5.26. The van der Waals surface area contributed by atoms with Gasteiger partial charge in [0.2, 0.25) is 0 Å². The average Bonchev–Trinajstić information content (AvgIpc) is 2.39. The van der Waals surface area contributed by atoms with Crippen molar-refractivity contribution in [1.82, 2.24) is 5.32 Å². The van der Waals surface area contributed by atoms with Gasteiger partial charge in [-0.25, -0.2) is 4.39 Å². The number of benzene rings is 1. The van der Waals surface area contributed by atoms with Crippen LogP contribution in [0, 0.1) is 0 Å². The lowest BCUT2D eigenvalue weighted by Crippen LogP contribution is -2.37. The topological polar surface area (TPSA) is 12.0 Å². The summed E-state index contributed by atoms with van der Waals surface area (Å²) in [5, 5.41) is 3.28. The lowest BCUT2D eigenvalue weighted by atomic mass is 9.95. The maximum atomic E-state index is 14.3. The van der Waals surface area contributed by atoms with Crippen molar-refractivity contribution in [1.29, 1.82) is 0 Å². The zero-order valence-electron chi connectivity index (χ0n) is 9.88. The number of alkyl halides is 1. The Morgan fingerprint density at radius 2 is 2.31 bits per heavy atom. The summed E-state index contributed by atoms with van der Waals surface area (Å²) in [5.41, 5.74) is 2.05. The fourth-order valence-electron chi connectivity index (χ4n) is 2.35. The Kier molecular flexibility index (Phi) is 3.94. The lowest BCUT2D eigenvalue weighted by molar-refractivity contribution is 0.221. The molecule has 1 nitrogen and oxygen atoms in total. The smallest absolute Gasteiger partial charge is 0.140 e. The molecule has 1 N–H and O–H groups in total. The van der Waals surface area contributed by atoms with Gasteiger partial charge < -0.3 is 5.32 Å². The molecule has 1 aliphatic heterocycles. The van der Waals surface area contributed by atoms with Crippen molar-refractivity contribution in [3.05, 3.63) is 35.4 Å². The van der Waals surface area contributed by atoms with E-state index in [0.717, 1.165) is 31.4 Å². The first-order valence-electron chi connectivity index (χ1n) is 6.27. The molecule has 0 aromatic heterocycles. The summed E-state index contributed by atoms with van der Waals surface area (Å²) >= 11 is 0. The van der Waals surface area contributed by atoms with Gasteiger partial charge in [-0.05, 0) is 36.9 Å². The molecule has 0 aliphatic carbocycles. The number of hydrogen-bond acceptors (Lipinski definition) is 1. The molecular formula is C14H20FN.